The monoisotopic (exact) mass is 409 g/mol. The van der Waals surface area contributed by atoms with Crippen LogP contribution in [0.3, 0.4) is 0 Å². The Kier molecular flexibility index (Phi) is 8.46. The third kappa shape index (κ3) is 7.45. The predicted octanol–water partition coefficient (Wildman–Crippen LogP) is 2.23. The van der Waals surface area contributed by atoms with E-state index in [9.17, 15) is 4.79 Å². The van der Waals surface area contributed by atoms with Crippen molar-refractivity contribution in [3.8, 4) is 0 Å². The van der Waals surface area contributed by atoms with Crippen molar-refractivity contribution < 1.29 is 28.5 Å². The molecule has 0 radical (unpaired) electrons. The number of carbonyl (C=O) groups is 1. The summed E-state index contributed by atoms with van der Waals surface area (Å²) in [4.78, 5) is 23.5. The summed E-state index contributed by atoms with van der Waals surface area (Å²) in [6, 6.07) is 0. The van der Waals surface area contributed by atoms with Gasteiger partial charge in [-0.15, -0.1) is 0 Å². The van der Waals surface area contributed by atoms with Crippen LogP contribution in [-0.2, 0) is 30.2 Å². The van der Waals surface area contributed by atoms with Crippen LogP contribution < -0.4 is 5.73 Å². The fourth-order valence-corrected chi connectivity index (χ4v) is 2.31. The van der Waals surface area contributed by atoms with Crippen molar-refractivity contribution in [2.24, 2.45) is 0 Å². The molecule has 0 fully saturated rings. The summed E-state index contributed by atoms with van der Waals surface area (Å²) < 4.78 is 27.6. The maximum atomic E-state index is 11.2. The summed E-state index contributed by atoms with van der Waals surface area (Å²) in [7, 11) is 0. The largest absolute Gasteiger partial charge is 0.511 e. The summed E-state index contributed by atoms with van der Waals surface area (Å²) in [5.41, 5.74) is 7.02. The molecule has 2 rings (SSSR count). The number of rotatable bonds is 11. The molecule has 2 heterocycles. The van der Waals surface area contributed by atoms with Crippen LogP contribution in [0.25, 0.3) is 11.2 Å². The van der Waals surface area contributed by atoms with Gasteiger partial charge in [-0.1, -0.05) is 0 Å². The van der Waals surface area contributed by atoms with Crippen molar-refractivity contribution in [1.82, 2.24) is 19.5 Å². The fraction of sp³-hybridized carbons (Fsp3) is 0.556. The second-order valence-electron chi connectivity index (χ2n) is 6.43. The van der Waals surface area contributed by atoms with Crippen LogP contribution in [0.4, 0.5) is 10.6 Å². The molecule has 0 saturated heterocycles. The Balaban J connectivity index is 1.62. The highest BCUT2D eigenvalue weighted by molar-refractivity contribution is 5.81. The topological polar surface area (TPSA) is 133 Å². The van der Waals surface area contributed by atoms with E-state index >= 15 is 0 Å². The number of fused-ring (bicyclic) bond motifs is 1. The van der Waals surface area contributed by atoms with Crippen molar-refractivity contribution in [3.05, 3.63) is 24.7 Å². The van der Waals surface area contributed by atoms with E-state index in [1.807, 2.05) is 11.5 Å². The second-order valence-corrected chi connectivity index (χ2v) is 6.43. The summed E-state index contributed by atoms with van der Waals surface area (Å²) in [5, 5.41) is 0. The first-order valence-corrected chi connectivity index (χ1v) is 9.14. The Morgan fingerprint density at radius 3 is 2.76 bits per heavy atom. The van der Waals surface area contributed by atoms with Crippen LogP contribution in [0.5, 0.6) is 0 Å². The number of hydrogen-bond donors (Lipinski definition) is 1. The number of hydrogen-bond acceptors (Lipinski definition) is 10. The molecule has 0 amide bonds. The van der Waals surface area contributed by atoms with E-state index in [-0.39, 0.29) is 19.0 Å². The van der Waals surface area contributed by atoms with E-state index in [4.69, 9.17) is 29.4 Å². The van der Waals surface area contributed by atoms with E-state index < -0.39 is 6.16 Å². The van der Waals surface area contributed by atoms with Gasteiger partial charge in [-0.05, 0) is 27.7 Å². The molecular weight excluding hydrogens is 382 g/mol. The van der Waals surface area contributed by atoms with E-state index in [0.717, 1.165) is 0 Å². The molecule has 2 aromatic heterocycles. The zero-order valence-corrected chi connectivity index (χ0v) is 17.0. The summed E-state index contributed by atoms with van der Waals surface area (Å²) in [6.45, 7) is 8.14. The van der Waals surface area contributed by atoms with Gasteiger partial charge in [0.15, 0.2) is 11.5 Å². The van der Waals surface area contributed by atoms with Gasteiger partial charge in [0.2, 0.25) is 6.79 Å². The highest BCUT2D eigenvalue weighted by Gasteiger charge is 2.11. The molecule has 0 spiro atoms. The molecule has 0 saturated carbocycles. The molecule has 1 unspecified atom stereocenters. The average molecular weight is 409 g/mol. The zero-order chi connectivity index (χ0) is 21.2. The quantitative estimate of drug-likeness (QED) is 0.255. The number of ether oxygens (including phenoxy) is 5. The Labute approximate surface area is 168 Å². The summed E-state index contributed by atoms with van der Waals surface area (Å²) in [5.74, 6) is 0.872. The average Bonchev–Trinajstić information content (AvgIpc) is 3.06. The van der Waals surface area contributed by atoms with Gasteiger partial charge in [0.05, 0.1) is 31.7 Å². The van der Waals surface area contributed by atoms with Crippen LogP contribution >= 0.6 is 0 Å². The Hall–Kier alpha value is -3.08. The second kappa shape index (κ2) is 11.1. The standard InChI is InChI=1S/C18H27N5O6/c1-12(2)29-18(24)28-11-25-8-14(4)27-6-5-26-13(3)7-23-10-22-15-16(19)20-9-21-17(15)23/h8-10,12-13H,5-7,11H2,1-4H3,(H2,19,20,21). The maximum absolute atomic E-state index is 11.2. The number of carbonyl (C=O) groups excluding carboxylic acids is 1. The van der Waals surface area contributed by atoms with Gasteiger partial charge in [-0.3, -0.25) is 0 Å². The van der Waals surface area contributed by atoms with Crippen molar-refractivity contribution in [2.75, 3.05) is 25.7 Å². The molecule has 11 heteroatoms. The smallest absolute Gasteiger partial charge is 0.493 e. The lowest BCUT2D eigenvalue weighted by Crippen LogP contribution is -2.19. The molecule has 11 nitrogen and oxygen atoms in total. The molecule has 0 aliphatic heterocycles. The van der Waals surface area contributed by atoms with Gasteiger partial charge < -0.3 is 34.0 Å². The zero-order valence-electron chi connectivity index (χ0n) is 17.0. The highest BCUT2D eigenvalue weighted by Crippen LogP contribution is 2.14. The van der Waals surface area contributed by atoms with Crippen molar-refractivity contribution >= 4 is 23.1 Å². The van der Waals surface area contributed by atoms with Gasteiger partial charge >= 0.3 is 6.16 Å². The predicted molar refractivity (Wildman–Crippen MR) is 104 cm³/mol. The number of imidazole rings is 1. The summed E-state index contributed by atoms with van der Waals surface area (Å²) >= 11 is 0. The van der Waals surface area contributed by atoms with Gasteiger partial charge in [0.1, 0.15) is 30.5 Å². The molecule has 0 aliphatic rings. The number of anilines is 1. The van der Waals surface area contributed by atoms with Crippen molar-refractivity contribution in [2.45, 2.75) is 46.4 Å². The van der Waals surface area contributed by atoms with Gasteiger partial charge in [-0.25, -0.2) is 19.7 Å². The normalized spacial score (nSPS) is 12.8. The Morgan fingerprint density at radius 2 is 2.00 bits per heavy atom. The van der Waals surface area contributed by atoms with E-state index in [1.165, 1.54) is 12.6 Å². The molecule has 0 aromatic carbocycles. The lowest BCUT2D eigenvalue weighted by molar-refractivity contribution is -0.0263. The molecule has 2 N–H and O–H groups in total. The van der Waals surface area contributed by atoms with E-state index in [2.05, 4.69) is 15.0 Å². The molecule has 160 valence electrons. The highest BCUT2D eigenvalue weighted by atomic mass is 16.8. The number of nitrogens with zero attached hydrogens (tertiary/aromatic N) is 4. The van der Waals surface area contributed by atoms with Crippen molar-refractivity contribution in [1.29, 1.82) is 0 Å². The third-order valence-electron chi connectivity index (χ3n) is 3.52. The van der Waals surface area contributed by atoms with Gasteiger partial charge in [0.25, 0.3) is 0 Å². The lowest BCUT2D eigenvalue weighted by atomic mass is 10.4. The minimum absolute atomic E-state index is 0.0897. The molecule has 1 atom stereocenters. The number of nitrogen functional groups attached to an aromatic ring is 1. The first-order chi connectivity index (χ1) is 13.9. The number of nitrogens with two attached hydrogens (primary N) is 1. The molecule has 0 bridgehead atoms. The number of aromatic nitrogens is 4. The SMILES string of the molecule is CC(=COCOC(=O)OC(C)C)OCCOC(C)Cn1cnc2c(N)ncnc21. The lowest BCUT2D eigenvalue weighted by Gasteiger charge is -2.14. The van der Waals surface area contributed by atoms with Crippen LogP contribution in [0, 0.1) is 0 Å². The molecule has 29 heavy (non-hydrogen) atoms. The molecule has 2 aromatic rings. The first-order valence-electron chi connectivity index (χ1n) is 9.14. The molecular formula is C18H27N5O6. The summed E-state index contributed by atoms with van der Waals surface area (Å²) in [6.07, 6.45) is 3.31. The van der Waals surface area contributed by atoms with Gasteiger partial charge in [0, 0.05) is 0 Å². The van der Waals surface area contributed by atoms with Crippen LogP contribution in [0.2, 0.25) is 0 Å². The number of allylic oxidation sites excluding steroid dienone is 1. The van der Waals surface area contributed by atoms with E-state index in [0.29, 0.717) is 42.5 Å². The first kappa shape index (κ1) is 22.2. The van der Waals surface area contributed by atoms with Crippen LogP contribution in [-0.4, -0.2) is 57.9 Å². The van der Waals surface area contributed by atoms with Crippen LogP contribution in [0.1, 0.15) is 27.7 Å². The fourth-order valence-electron chi connectivity index (χ4n) is 2.31. The third-order valence-corrected chi connectivity index (χ3v) is 3.52. The Morgan fingerprint density at radius 1 is 1.21 bits per heavy atom. The maximum Gasteiger partial charge on any atom is 0.511 e. The Bertz CT molecular complexity index is 822. The van der Waals surface area contributed by atoms with Crippen LogP contribution in [0.15, 0.2) is 24.7 Å². The van der Waals surface area contributed by atoms with E-state index in [1.54, 1.807) is 27.1 Å². The molecule has 0 aliphatic carbocycles. The van der Waals surface area contributed by atoms with Gasteiger partial charge in [-0.2, -0.15) is 0 Å². The minimum Gasteiger partial charge on any atom is -0.493 e. The van der Waals surface area contributed by atoms with Crippen molar-refractivity contribution in [3.63, 3.8) is 0 Å². The minimum atomic E-state index is -0.783.